The molecule has 0 aromatic rings. The van der Waals surface area contributed by atoms with Crippen LogP contribution in [-0.2, 0) is 23.9 Å². The molecule has 3 atom stereocenters. The number of nitrogens with zero attached hydrogens (tertiary/aromatic N) is 3. The van der Waals surface area contributed by atoms with Crippen LogP contribution in [0.4, 0.5) is 4.79 Å². The van der Waals surface area contributed by atoms with Gasteiger partial charge in [0.1, 0.15) is 24.4 Å². The van der Waals surface area contributed by atoms with Gasteiger partial charge in [0.15, 0.2) is 0 Å². The molecular weight excluding hydrogens is 386 g/mol. The van der Waals surface area contributed by atoms with E-state index < -0.39 is 52.7 Å². The van der Waals surface area contributed by atoms with Crippen LogP contribution in [0.1, 0.15) is 33.6 Å². The van der Waals surface area contributed by atoms with Crippen molar-refractivity contribution >= 4 is 12.1 Å². The van der Waals surface area contributed by atoms with E-state index in [1.54, 1.807) is 20.8 Å². The molecule has 1 unspecified atom stereocenters. The number of rotatable bonds is 9. The third-order valence-electron chi connectivity index (χ3n) is 3.46. The van der Waals surface area contributed by atoms with Crippen LogP contribution >= 0.6 is 0 Å². The van der Waals surface area contributed by atoms with Crippen LogP contribution in [0.25, 0.3) is 0 Å². The van der Waals surface area contributed by atoms with Gasteiger partial charge >= 0.3 is 12.1 Å². The molecule has 0 radical (unpaired) electrons. The average Bonchev–Trinajstić information content (AvgIpc) is 2.92. The van der Waals surface area contributed by atoms with E-state index in [0.717, 1.165) is 4.90 Å². The second-order valence-corrected chi connectivity index (χ2v) is 6.96. The fourth-order valence-corrected chi connectivity index (χ4v) is 2.38. The average molecular weight is 409 g/mol. The largest absolute Gasteiger partial charge is 0.464 e. The maximum absolute atomic E-state index is 12.2. The number of carbonyl (C=O) groups excluding carboxylic acids is 2. The summed E-state index contributed by atoms with van der Waals surface area (Å²) < 4.78 is 10.2. The van der Waals surface area contributed by atoms with E-state index in [2.05, 4.69) is 9.68 Å². The third-order valence-corrected chi connectivity index (χ3v) is 3.46. The van der Waals surface area contributed by atoms with Gasteiger partial charge in [0.2, 0.25) is 0 Å². The zero-order valence-corrected chi connectivity index (χ0v) is 15.6. The molecule has 0 aromatic carbocycles. The molecule has 14 heteroatoms. The monoisotopic (exact) mass is 409 g/mol. The zero-order valence-electron chi connectivity index (χ0n) is 15.6. The summed E-state index contributed by atoms with van der Waals surface area (Å²) >= 11 is 0. The Kier molecular flexibility index (Phi) is 8.16. The molecule has 0 saturated carbocycles. The van der Waals surface area contributed by atoms with Crippen LogP contribution in [0.15, 0.2) is 0 Å². The van der Waals surface area contributed by atoms with Gasteiger partial charge in [-0.25, -0.2) is 9.59 Å². The summed E-state index contributed by atoms with van der Waals surface area (Å²) in [7, 11) is 0. The third kappa shape index (κ3) is 8.20. The quantitative estimate of drug-likeness (QED) is 0.309. The molecule has 0 aliphatic carbocycles. The second-order valence-electron chi connectivity index (χ2n) is 6.96. The molecule has 1 rings (SSSR count). The molecule has 0 spiro atoms. The Labute approximate surface area is 159 Å². The van der Waals surface area contributed by atoms with E-state index in [4.69, 9.17) is 9.47 Å². The summed E-state index contributed by atoms with van der Waals surface area (Å²) in [6.07, 6.45) is -3.38. The molecule has 0 bridgehead atoms. The van der Waals surface area contributed by atoms with Crippen molar-refractivity contribution < 1.29 is 44.0 Å². The number of hydrogen-bond acceptors (Lipinski definition) is 11. The summed E-state index contributed by atoms with van der Waals surface area (Å²) in [6.45, 7) is 3.72. The summed E-state index contributed by atoms with van der Waals surface area (Å²) in [6, 6.07) is -1.09. The number of β-amino-alcohol motifs (C(OH)–C–C–N with tert-alkyl or cyclic N) is 1. The van der Waals surface area contributed by atoms with Gasteiger partial charge in [-0.1, -0.05) is 0 Å². The highest BCUT2D eigenvalue weighted by Crippen LogP contribution is 2.22. The normalized spacial score (nSPS) is 20.2. The number of aliphatic hydroxyl groups is 1. The Morgan fingerprint density at radius 1 is 1.25 bits per heavy atom. The van der Waals surface area contributed by atoms with E-state index in [9.17, 15) is 34.9 Å². The number of esters is 1. The van der Waals surface area contributed by atoms with Crippen molar-refractivity contribution in [1.82, 2.24) is 4.90 Å². The first-order valence-corrected chi connectivity index (χ1v) is 8.32. The lowest BCUT2D eigenvalue weighted by molar-refractivity contribution is -0.790. The molecule has 1 aliphatic heterocycles. The number of likely N-dealkylation sites (tertiary alicyclic amines) is 1. The first-order valence-electron chi connectivity index (χ1n) is 8.32. The van der Waals surface area contributed by atoms with Gasteiger partial charge < -0.3 is 24.3 Å². The van der Waals surface area contributed by atoms with E-state index in [-0.39, 0.29) is 26.0 Å². The van der Waals surface area contributed by atoms with E-state index in [1.807, 2.05) is 0 Å². The van der Waals surface area contributed by atoms with Crippen LogP contribution in [0.3, 0.4) is 0 Å². The maximum atomic E-state index is 12.2. The smallest absolute Gasteiger partial charge is 0.411 e. The molecule has 14 nitrogen and oxygen atoms in total. The maximum Gasteiger partial charge on any atom is 0.411 e. The van der Waals surface area contributed by atoms with Crippen molar-refractivity contribution in [3.05, 3.63) is 20.2 Å². The SMILES string of the molecule is CC(C)(C)OC(=O)N1C[C@H](O)C[C@H]1C(=O)OCCC(CO[N+](=O)[O-])O[N+](=O)[O-]. The minimum Gasteiger partial charge on any atom is -0.464 e. The highest BCUT2D eigenvalue weighted by molar-refractivity contribution is 5.82. The van der Waals surface area contributed by atoms with Crippen LogP contribution in [0.5, 0.6) is 0 Å². The lowest BCUT2D eigenvalue weighted by Crippen LogP contribution is -2.44. The number of hydrogen-bond donors (Lipinski definition) is 1. The predicted octanol–water partition coefficient (Wildman–Crippen LogP) is 0.0752. The number of ether oxygens (including phenoxy) is 2. The summed E-state index contributed by atoms with van der Waals surface area (Å²) in [5.74, 6) is -0.850. The Hall–Kier alpha value is -2.90. The van der Waals surface area contributed by atoms with Gasteiger partial charge in [0, 0.05) is 12.8 Å². The number of amides is 1. The van der Waals surface area contributed by atoms with E-state index in [0.29, 0.717) is 0 Å². The van der Waals surface area contributed by atoms with Crippen molar-refractivity contribution in [3.63, 3.8) is 0 Å². The van der Waals surface area contributed by atoms with Crippen LogP contribution in [0.2, 0.25) is 0 Å². The minimum atomic E-state index is -1.33. The summed E-state index contributed by atoms with van der Waals surface area (Å²) in [5.41, 5.74) is -0.802. The first kappa shape index (κ1) is 23.1. The molecule has 1 saturated heterocycles. The van der Waals surface area contributed by atoms with E-state index in [1.165, 1.54) is 0 Å². The second kappa shape index (κ2) is 9.87. The Morgan fingerprint density at radius 2 is 1.89 bits per heavy atom. The van der Waals surface area contributed by atoms with Crippen LogP contribution in [-0.4, -0.2) is 75.9 Å². The van der Waals surface area contributed by atoms with Crippen molar-refractivity contribution in [2.24, 2.45) is 0 Å². The highest BCUT2D eigenvalue weighted by Gasteiger charge is 2.41. The molecule has 0 aromatic heterocycles. The van der Waals surface area contributed by atoms with Crippen molar-refractivity contribution in [2.45, 2.75) is 57.5 Å². The van der Waals surface area contributed by atoms with Gasteiger partial charge in [-0.3, -0.25) is 4.90 Å². The fraction of sp³-hybridized carbons (Fsp3) is 0.857. The predicted molar refractivity (Wildman–Crippen MR) is 87.7 cm³/mol. The summed E-state index contributed by atoms with van der Waals surface area (Å²) in [5, 5.41) is 28.1. The molecule has 160 valence electrons. The van der Waals surface area contributed by atoms with Crippen molar-refractivity contribution in [3.8, 4) is 0 Å². The number of aliphatic hydroxyl groups excluding tert-OH is 1. The molecule has 1 aliphatic rings. The van der Waals surface area contributed by atoms with Gasteiger partial charge in [-0.15, -0.1) is 20.2 Å². The topological polar surface area (TPSA) is 181 Å². The highest BCUT2D eigenvalue weighted by atomic mass is 17.0. The standard InChI is InChI=1S/C14H23N3O11/c1-14(2,3)27-13(20)15-7-9(18)6-11(15)12(19)25-5-4-10(28-17(23)24)8-26-16(21)22/h9-11,18H,4-8H2,1-3H3/t9-,10?,11+/m1/s1. The minimum absolute atomic E-state index is 0.0582. The van der Waals surface area contributed by atoms with Crippen molar-refractivity contribution in [2.75, 3.05) is 19.8 Å². The lowest BCUT2D eigenvalue weighted by Gasteiger charge is -2.27. The van der Waals surface area contributed by atoms with Gasteiger partial charge in [-0.05, 0) is 20.8 Å². The van der Waals surface area contributed by atoms with Crippen LogP contribution in [0, 0.1) is 20.2 Å². The van der Waals surface area contributed by atoms with Crippen molar-refractivity contribution in [1.29, 1.82) is 0 Å². The Bertz CT molecular complexity index is 592. The molecular formula is C14H23N3O11. The Balaban J connectivity index is 2.59. The van der Waals surface area contributed by atoms with Crippen LogP contribution < -0.4 is 0 Å². The van der Waals surface area contributed by atoms with Gasteiger partial charge in [0.05, 0.1) is 19.3 Å². The number of carbonyl (C=O) groups is 2. The van der Waals surface area contributed by atoms with Gasteiger partial charge in [-0.2, -0.15) is 0 Å². The van der Waals surface area contributed by atoms with E-state index >= 15 is 0 Å². The lowest BCUT2D eigenvalue weighted by atomic mass is 10.2. The summed E-state index contributed by atoms with van der Waals surface area (Å²) in [4.78, 5) is 54.3. The zero-order chi connectivity index (χ0) is 21.5. The molecule has 1 N–H and O–H groups in total. The molecule has 28 heavy (non-hydrogen) atoms. The fourth-order valence-electron chi connectivity index (χ4n) is 2.38. The molecule has 1 amide bonds. The first-order chi connectivity index (χ1) is 12.9. The van der Waals surface area contributed by atoms with Gasteiger partial charge in [0.25, 0.3) is 10.2 Å². The molecule has 1 fully saturated rings. The molecule has 1 heterocycles. The Morgan fingerprint density at radius 3 is 2.43 bits per heavy atom.